The van der Waals surface area contributed by atoms with Crippen molar-refractivity contribution in [1.82, 2.24) is 4.90 Å². The first-order valence-electron chi connectivity index (χ1n) is 7.54. The van der Waals surface area contributed by atoms with Crippen LogP contribution in [-0.2, 0) is 15.8 Å². The number of halogens is 3. The van der Waals surface area contributed by atoms with Crippen LogP contribution in [0.5, 0.6) is 0 Å². The Morgan fingerprint density at radius 1 is 1.29 bits per heavy atom. The molecule has 2 rings (SSSR count). The minimum absolute atomic E-state index is 0.0749. The highest BCUT2D eigenvalue weighted by Crippen LogP contribution is 2.39. The van der Waals surface area contributed by atoms with Gasteiger partial charge in [-0.3, -0.25) is 0 Å². The van der Waals surface area contributed by atoms with E-state index < -0.39 is 23.4 Å². The third-order valence-electron chi connectivity index (χ3n) is 3.39. The Labute approximate surface area is 143 Å². The second-order valence-electron chi connectivity index (χ2n) is 6.54. The van der Waals surface area contributed by atoms with Gasteiger partial charge in [0, 0.05) is 23.2 Å². The summed E-state index contributed by atoms with van der Waals surface area (Å²) >= 11 is 1.18. The molecule has 1 saturated heterocycles. The Bertz CT molecular complexity index is 592. The molecule has 1 atom stereocenters. The third kappa shape index (κ3) is 4.80. The molecule has 0 aromatic heterocycles. The number of rotatable bonds is 4. The van der Waals surface area contributed by atoms with Gasteiger partial charge in [0.15, 0.2) is 0 Å². The predicted molar refractivity (Wildman–Crippen MR) is 84.6 cm³/mol. The zero-order chi connectivity index (χ0) is 18.0. The number of amides is 1. The van der Waals surface area contributed by atoms with Gasteiger partial charge in [-0.15, -0.1) is 16.7 Å². The van der Waals surface area contributed by atoms with Crippen molar-refractivity contribution in [2.75, 3.05) is 13.1 Å². The van der Waals surface area contributed by atoms with E-state index in [1.165, 1.54) is 23.9 Å². The van der Waals surface area contributed by atoms with Gasteiger partial charge in [-0.1, -0.05) is 12.1 Å². The lowest BCUT2D eigenvalue weighted by molar-refractivity contribution is -0.365. The Morgan fingerprint density at radius 2 is 1.96 bits per heavy atom. The van der Waals surface area contributed by atoms with Crippen LogP contribution >= 0.6 is 11.8 Å². The van der Waals surface area contributed by atoms with Gasteiger partial charge in [0.2, 0.25) is 0 Å². The monoisotopic (exact) mass is 363 g/mol. The van der Waals surface area contributed by atoms with E-state index in [9.17, 15) is 18.1 Å². The zero-order valence-corrected chi connectivity index (χ0v) is 14.5. The first-order valence-corrected chi connectivity index (χ1v) is 8.42. The number of nitrogens with zero attached hydrogens (tertiary/aromatic N) is 1. The second-order valence-corrected chi connectivity index (χ2v) is 7.89. The first kappa shape index (κ1) is 18.9. The fourth-order valence-corrected chi connectivity index (χ4v) is 3.66. The summed E-state index contributed by atoms with van der Waals surface area (Å²) in [6, 6.07) is 5.61. The molecule has 0 spiro atoms. The zero-order valence-electron chi connectivity index (χ0n) is 13.7. The van der Waals surface area contributed by atoms with Crippen LogP contribution in [0, 0.1) is 0 Å². The quantitative estimate of drug-likeness (QED) is 0.775. The number of likely N-dealkylation sites (tertiary alicyclic amines) is 1. The molecular formula is C16H20F3NO3S. The molecule has 1 aromatic rings. The molecule has 1 aliphatic heterocycles. The van der Waals surface area contributed by atoms with E-state index in [0.717, 1.165) is 6.07 Å². The van der Waals surface area contributed by atoms with E-state index in [0.29, 0.717) is 19.5 Å². The van der Waals surface area contributed by atoms with Crippen LogP contribution in [0.3, 0.4) is 0 Å². The first-order chi connectivity index (χ1) is 11.1. The van der Waals surface area contributed by atoms with Crippen molar-refractivity contribution >= 4 is 17.9 Å². The van der Waals surface area contributed by atoms with Crippen molar-refractivity contribution in [3.8, 4) is 0 Å². The van der Waals surface area contributed by atoms with Crippen LogP contribution in [0.1, 0.15) is 32.8 Å². The molecule has 4 nitrogen and oxygen atoms in total. The van der Waals surface area contributed by atoms with Crippen molar-refractivity contribution in [3.05, 3.63) is 29.8 Å². The lowest BCUT2D eigenvalue weighted by Gasteiger charge is -2.24. The van der Waals surface area contributed by atoms with Gasteiger partial charge in [0.25, 0.3) is 0 Å². The van der Waals surface area contributed by atoms with Crippen molar-refractivity contribution in [3.63, 3.8) is 0 Å². The molecular weight excluding hydrogens is 343 g/mol. The second kappa shape index (κ2) is 7.23. The van der Waals surface area contributed by atoms with Crippen LogP contribution in [0.2, 0.25) is 0 Å². The van der Waals surface area contributed by atoms with E-state index in [-0.39, 0.29) is 10.1 Å². The van der Waals surface area contributed by atoms with Crippen LogP contribution in [-0.4, -0.2) is 34.9 Å². The Morgan fingerprint density at radius 3 is 2.58 bits per heavy atom. The number of thioether (sulfide) groups is 1. The fraction of sp³-hybridized carbons (Fsp3) is 0.562. The van der Waals surface area contributed by atoms with Crippen LogP contribution in [0.25, 0.3) is 0 Å². The number of hydrogen-bond acceptors (Lipinski definition) is 4. The summed E-state index contributed by atoms with van der Waals surface area (Å²) < 4.78 is 44.5. The highest BCUT2D eigenvalue weighted by molar-refractivity contribution is 8.00. The molecule has 0 aliphatic carbocycles. The average molecular weight is 363 g/mol. The Hall–Kier alpha value is -1.41. The summed E-state index contributed by atoms with van der Waals surface area (Å²) in [7, 11) is 0. The number of alkyl halides is 2. The van der Waals surface area contributed by atoms with E-state index in [4.69, 9.17) is 4.74 Å². The third-order valence-corrected chi connectivity index (χ3v) is 4.72. The van der Waals surface area contributed by atoms with Gasteiger partial charge in [-0.05, 0) is 43.9 Å². The number of hydrogen-bond donors (Lipinski definition) is 0. The molecule has 0 bridgehead atoms. The van der Waals surface area contributed by atoms with Crippen molar-refractivity contribution < 1.29 is 27.8 Å². The molecule has 1 aromatic carbocycles. The normalized spacial score (nSPS) is 18.8. The van der Waals surface area contributed by atoms with Crippen molar-refractivity contribution in [2.24, 2.45) is 0 Å². The fourth-order valence-electron chi connectivity index (χ4n) is 2.35. The summed E-state index contributed by atoms with van der Waals surface area (Å²) in [6.45, 7) is 6.22. The predicted octanol–water partition coefficient (Wildman–Crippen LogP) is 4.74. The molecule has 0 N–H and O–H groups in total. The summed E-state index contributed by atoms with van der Waals surface area (Å²) in [4.78, 5) is 16.6. The van der Waals surface area contributed by atoms with E-state index >= 15 is 0 Å². The van der Waals surface area contributed by atoms with Gasteiger partial charge in [0.1, 0.15) is 5.60 Å². The molecule has 134 valence electrons. The average Bonchev–Trinajstić information content (AvgIpc) is 2.94. The van der Waals surface area contributed by atoms with Gasteiger partial charge in [-0.25, -0.2) is 4.79 Å². The van der Waals surface area contributed by atoms with Gasteiger partial charge in [-0.2, -0.15) is 8.78 Å². The van der Waals surface area contributed by atoms with Gasteiger partial charge < -0.3 is 9.64 Å². The summed E-state index contributed by atoms with van der Waals surface area (Å²) in [5.74, 6) is 0. The Balaban J connectivity index is 2.03. The standard InChI is InChI=1S/C16H20F3NO3S/c1-15(2,3)22-14(21)20-9-8-11(10-20)24-13-7-5-4-6-12(13)16(17,18)23-19/h4-7,11H,8-10H2,1-3H3. The molecule has 8 heteroatoms. The summed E-state index contributed by atoms with van der Waals surface area (Å²) in [6.07, 6.45) is -3.77. The molecule has 1 unspecified atom stereocenters. The van der Waals surface area contributed by atoms with Crippen molar-refractivity contribution in [2.45, 2.75) is 49.0 Å². The van der Waals surface area contributed by atoms with E-state index in [2.05, 4.69) is 4.94 Å². The largest absolute Gasteiger partial charge is 0.444 e. The van der Waals surface area contributed by atoms with Gasteiger partial charge in [0.05, 0.1) is 5.56 Å². The molecule has 1 fully saturated rings. The highest BCUT2D eigenvalue weighted by Gasteiger charge is 2.38. The maximum Gasteiger partial charge on any atom is 0.414 e. The minimum Gasteiger partial charge on any atom is -0.444 e. The van der Waals surface area contributed by atoms with Crippen LogP contribution < -0.4 is 0 Å². The number of benzene rings is 1. The lowest BCUT2D eigenvalue weighted by Crippen LogP contribution is -2.35. The minimum atomic E-state index is -3.99. The maximum absolute atomic E-state index is 13.5. The molecule has 1 aliphatic rings. The van der Waals surface area contributed by atoms with E-state index in [1.807, 2.05) is 0 Å². The number of ether oxygens (including phenoxy) is 1. The molecule has 1 heterocycles. The van der Waals surface area contributed by atoms with Crippen LogP contribution in [0.4, 0.5) is 18.1 Å². The van der Waals surface area contributed by atoms with E-state index in [1.54, 1.807) is 31.7 Å². The van der Waals surface area contributed by atoms with Crippen LogP contribution in [0.15, 0.2) is 29.2 Å². The molecule has 0 radical (unpaired) electrons. The topological polar surface area (TPSA) is 38.8 Å². The van der Waals surface area contributed by atoms with Gasteiger partial charge >= 0.3 is 12.2 Å². The molecule has 1 amide bonds. The maximum atomic E-state index is 13.5. The van der Waals surface area contributed by atoms with Crippen molar-refractivity contribution in [1.29, 1.82) is 0 Å². The SMILES string of the molecule is CC(C)(C)OC(=O)N1CCC(Sc2ccccc2C(F)(F)OF)C1. The smallest absolute Gasteiger partial charge is 0.414 e. The molecule has 0 saturated carbocycles. The summed E-state index contributed by atoms with van der Waals surface area (Å²) in [5, 5.41) is -0.0749. The summed E-state index contributed by atoms with van der Waals surface area (Å²) in [5.41, 5.74) is -1.11. The highest BCUT2D eigenvalue weighted by atomic mass is 32.2. The Kier molecular flexibility index (Phi) is 5.70. The lowest BCUT2D eigenvalue weighted by atomic mass is 10.2. The number of carbonyl (C=O) groups excluding carboxylic acids is 1. The molecule has 24 heavy (non-hydrogen) atoms. The number of carbonyl (C=O) groups is 1.